The number of aryl methyl sites for hydroxylation is 1. The fourth-order valence-corrected chi connectivity index (χ4v) is 2.63. The minimum atomic E-state index is -1.34. The maximum atomic E-state index is 12.1. The molecule has 0 radical (unpaired) electrons. The molecule has 0 spiro atoms. The van der Waals surface area contributed by atoms with Crippen molar-refractivity contribution >= 4 is 17.2 Å². The zero-order chi connectivity index (χ0) is 15.0. The van der Waals surface area contributed by atoms with E-state index in [0.717, 1.165) is 16.9 Å². The van der Waals surface area contributed by atoms with Crippen LogP contribution in [0, 0.1) is 18.8 Å². The van der Waals surface area contributed by atoms with Crippen LogP contribution in [0.2, 0.25) is 0 Å². The molecule has 0 N–H and O–H groups in total. The molecule has 0 amide bonds. The van der Waals surface area contributed by atoms with Gasteiger partial charge in [0.1, 0.15) is 0 Å². The number of hydrogen-bond acceptors (Lipinski definition) is 2. The van der Waals surface area contributed by atoms with Crippen LogP contribution in [-0.4, -0.2) is 24.1 Å². The molecule has 3 nitrogen and oxygen atoms in total. The van der Waals surface area contributed by atoms with Crippen LogP contribution >= 0.6 is 0 Å². The van der Waals surface area contributed by atoms with Crippen LogP contribution in [-0.2, 0) is 15.7 Å². The van der Waals surface area contributed by atoms with Gasteiger partial charge in [0.2, 0.25) is 0 Å². The van der Waals surface area contributed by atoms with Crippen LogP contribution in [0.1, 0.15) is 18.9 Å². The van der Waals surface area contributed by atoms with E-state index in [2.05, 4.69) is 17.9 Å². The second kappa shape index (κ2) is 8.82. The lowest BCUT2D eigenvalue weighted by Crippen LogP contribution is -2.17. The molecule has 1 aromatic carbocycles. The van der Waals surface area contributed by atoms with Gasteiger partial charge >= 0.3 is 0 Å². The first kappa shape index (κ1) is 16.8. The molecule has 0 aliphatic rings. The van der Waals surface area contributed by atoms with E-state index in [0.29, 0.717) is 12.5 Å². The summed E-state index contributed by atoms with van der Waals surface area (Å²) in [7, 11) is 0.342. The molecular formula is C16H23NO2S. The Balaban J connectivity index is 2.73. The fourth-order valence-electron chi connectivity index (χ4n) is 1.87. The molecule has 1 unspecified atom stereocenters. The monoisotopic (exact) mass is 293 g/mol. The van der Waals surface area contributed by atoms with Crippen molar-refractivity contribution in [3.8, 4) is 0 Å². The Morgan fingerprint density at radius 2 is 2.05 bits per heavy atom. The number of allylic oxidation sites excluding steroid dienone is 1. The minimum absolute atomic E-state index is 0.196. The van der Waals surface area contributed by atoms with Gasteiger partial charge in [0.05, 0.1) is 4.90 Å². The number of nitrogens with zero attached hydrogens (tertiary/aromatic N) is 1. The number of ether oxygens (including phenoxy) is 1. The Morgan fingerprint density at radius 1 is 1.40 bits per heavy atom. The third-order valence-electron chi connectivity index (χ3n) is 3.17. The first-order chi connectivity index (χ1) is 9.58. The minimum Gasteiger partial charge on any atom is -0.384 e. The van der Waals surface area contributed by atoms with Crippen molar-refractivity contribution in [1.29, 1.82) is 0 Å². The summed E-state index contributed by atoms with van der Waals surface area (Å²) in [5.74, 6) is 0.513. The molecule has 3 atom stereocenters. The summed E-state index contributed by atoms with van der Waals surface area (Å²) in [5, 5.41) is 0. The second-order valence-corrected chi connectivity index (χ2v) is 6.12. The van der Waals surface area contributed by atoms with Crippen molar-refractivity contribution in [2.45, 2.75) is 25.2 Å². The van der Waals surface area contributed by atoms with Gasteiger partial charge in [-0.2, -0.15) is 4.40 Å². The Bertz CT molecular complexity index is 468. The van der Waals surface area contributed by atoms with Gasteiger partial charge < -0.3 is 4.74 Å². The molecule has 20 heavy (non-hydrogen) atoms. The van der Waals surface area contributed by atoms with E-state index < -0.39 is 11.0 Å². The van der Waals surface area contributed by atoms with Gasteiger partial charge in [-0.05, 0) is 31.4 Å². The van der Waals surface area contributed by atoms with Crippen LogP contribution in [0.15, 0.2) is 46.2 Å². The highest BCUT2D eigenvalue weighted by molar-refractivity contribution is 7.83. The van der Waals surface area contributed by atoms with Gasteiger partial charge in [0.15, 0.2) is 11.0 Å². The topological polar surface area (TPSA) is 38.7 Å². The summed E-state index contributed by atoms with van der Waals surface area (Å²) in [6.07, 6.45) is 4.44. The van der Waals surface area contributed by atoms with Crippen molar-refractivity contribution in [2.24, 2.45) is 16.2 Å². The highest BCUT2D eigenvalue weighted by atomic mass is 32.2. The molecule has 0 heterocycles. The Kier molecular flexibility index (Phi) is 7.41. The number of benzene rings is 1. The molecule has 0 aliphatic carbocycles. The van der Waals surface area contributed by atoms with Gasteiger partial charge in [-0.1, -0.05) is 30.7 Å². The van der Waals surface area contributed by atoms with E-state index in [9.17, 15) is 4.21 Å². The summed E-state index contributed by atoms with van der Waals surface area (Å²) < 4.78 is 21.5. The largest absolute Gasteiger partial charge is 0.384 e. The first-order valence-electron chi connectivity index (χ1n) is 6.71. The third kappa shape index (κ3) is 5.39. The number of rotatable bonds is 8. The molecule has 110 valence electrons. The lowest BCUT2D eigenvalue weighted by Gasteiger charge is -2.17. The molecule has 0 aliphatic heterocycles. The van der Waals surface area contributed by atoms with Gasteiger partial charge in [0, 0.05) is 25.8 Å². The van der Waals surface area contributed by atoms with E-state index in [-0.39, 0.29) is 5.92 Å². The molecule has 0 saturated heterocycles. The zero-order valence-electron chi connectivity index (χ0n) is 12.4. The van der Waals surface area contributed by atoms with E-state index in [4.69, 9.17) is 4.74 Å². The smallest absolute Gasteiger partial charge is 0.172 e. The highest BCUT2D eigenvalue weighted by Gasteiger charge is 2.14. The van der Waals surface area contributed by atoms with Gasteiger partial charge in [-0.3, -0.25) is 0 Å². The van der Waals surface area contributed by atoms with Crippen molar-refractivity contribution in [2.75, 3.05) is 13.7 Å². The average Bonchev–Trinajstić information content (AvgIpc) is 2.44. The lowest BCUT2D eigenvalue weighted by molar-refractivity contribution is 0.146. The Labute approximate surface area is 124 Å². The van der Waals surface area contributed by atoms with Gasteiger partial charge in [0.25, 0.3) is 0 Å². The summed E-state index contributed by atoms with van der Waals surface area (Å²) in [5.41, 5.74) is 1.15. The van der Waals surface area contributed by atoms with Crippen molar-refractivity contribution < 1.29 is 8.95 Å². The first-order valence-corrected chi connectivity index (χ1v) is 7.81. The van der Waals surface area contributed by atoms with Crippen molar-refractivity contribution in [1.82, 2.24) is 0 Å². The standard InChI is InChI=1S/C16H23NO2S/c1-5-6-15(14(3)12-19-4)11-17-20(18)16-9-7-13(2)8-10-16/h5,7-11,14-15H,1,6,12H2,2-4H3/b17-11+/t14-,15+,20?/m1/s1. The highest BCUT2D eigenvalue weighted by Crippen LogP contribution is 2.16. The molecule has 1 aromatic rings. The van der Waals surface area contributed by atoms with Gasteiger partial charge in [-0.25, -0.2) is 4.21 Å². The molecular weight excluding hydrogens is 270 g/mol. The Hall–Kier alpha value is -1.26. The summed E-state index contributed by atoms with van der Waals surface area (Å²) in [6, 6.07) is 7.59. The maximum Gasteiger partial charge on any atom is 0.172 e. The van der Waals surface area contributed by atoms with Gasteiger partial charge in [-0.15, -0.1) is 6.58 Å². The Morgan fingerprint density at radius 3 is 2.60 bits per heavy atom. The molecule has 0 saturated carbocycles. The van der Waals surface area contributed by atoms with E-state index in [1.54, 1.807) is 13.3 Å². The quantitative estimate of drug-likeness (QED) is 0.543. The van der Waals surface area contributed by atoms with E-state index in [1.165, 1.54) is 0 Å². The second-order valence-electron chi connectivity index (χ2n) is 4.94. The molecule has 4 heteroatoms. The maximum absolute atomic E-state index is 12.1. The lowest BCUT2D eigenvalue weighted by atomic mass is 9.93. The number of methoxy groups -OCH3 is 1. The van der Waals surface area contributed by atoms with Crippen LogP contribution in [0.5, 0.6) is 0 Å². The molecule has 0 bridgehead atoms. The SMILES string of the molecule is C=CC[C@@H](/C=N/S(=O)c1ccc(C)cc1)[C@H](C)COC. The van der Waals surface area contributed by atoms with Crippen LogP contribution in [0.25, 0.3) is 0 Å². The van der Waals surface area contributed by atoms with Crippen LogP contribution in [0.4, 0.5) is 0 Å². The van der Waals surface area contributed by atoms with Crippen molar-refractivity contribution in [3.05, 3.63) is 42.5 Å². The predicted octanol–water partition coefficient (Wildman–Crippen LogP) is 3.56. The van der Waals surface area contributed by atoms with E-state index in [1.807, 2.05) is 37.3 Å². The average molecular weight is 293 g/mol. The predicted molar refractivity (Wildman–Crippen MR) is 85.4 cm³/mol. The third-order valence-corrected chi connectivity index (χ3v) is 4.16. The summed E-state index contributed by atoms with van der Waals surface area (Å²) in [6.45, 7) is 8.51. The normalized spacial score (nSPS) is 15.9. The van der Waals surface area contributed by atoms with Crippen LogP contribution < -0.4 is 0 Å². The molecule has 0 aromatic heterocycles. The summed E-state index contributed by atoms with van der Waals surface area (Å²) >= 11 is 0. The summed E-state index contributed by atoms with van der Waals surface area (Å²) in [4.78, 5) is 0.726. The molecule has 0 fully saturated rings. The zero-order valence-corrected chi connectivity index (χ0v) is 13.2. The molecule has 1 rings (SSSR count). The number of hydrogen-bond donors (Lipinski definition) is 0. The van der Waals surface area contributed by atoms with E-state index >= 15 is 0 Å². The van der Waals surface area contributed by atoms with Crippen LogP contribution in [0.3, 0.4) is 0 Å². The van der Waals surface area contributed by atoms with Crippen molar-refractivity contribution in [3.63, 3.8) is 0 Å². The fraction of sp³-hybridized carbons (Fsp3) is 0.438.